The number of hydrogen-bond donors (Lipinski definition) is 1. The molecule has 4 rings (SSSR count). The maximum absolute atomic E-state index is 12.5. The summed E-state index contributed by atoms with van der Waals surface area (Å²) in [6.45, 7) is 0.433. The van der Waals surface area contributed by atoms with Crippen LogP contribution in [0.5, 0.6) is 5.75 Å². The number of sulfonamides is 1. The third-order valence-electron chi connectivity index (χ3n) is 4.07. The number of para-hydroxylation sites is 1. The van der Waals surface area contributed by atoms with Gasteiger partial charge in [-0.25, -0.2) is 13.4 Å². The SMILES string of the molecule is O=S(=O)(Nc1nccnc1-c1ccc(COc2ccccc2)cc1)c1cccs1. The first-order valence-electron chi connectivity index (χ1n) is 8.76. The molecule has 0 unspecified atom stereocenters. The molecule has 2 aromatic heterocycles. The van der Waals surface area contributed by atoms with Gasteiger partial charge in [-0.2, -0.15) is 0 Å². The number of anilines is 1. The Kier molecular flexibility index (Phi) is 5.55. The fourth-order valence-electron chi connectivity index (χ4n) is 2.66. The fraction of sp³-hybridized carbons (Fsp3) is 0.0476. The van der Waals surface area contributed by atoms with Crippen LogP contribution in [0.3, 0.4) is 0 Å². The smallest absolute Gasteiger partial charge is 0.272 e. The molecule has 146 valence electrons. The van der Waals surface area contributed by atoms with Crippen molar-refractivity contribution in [3.63, 3.8) is 0 Å². The Hall–Kier alpha value is -3.23. The van der Waals surface area contributed by atoms with Gasteiger partial charge in [0.05, 0.1) is 0 Å². The third kappa shape index (κ3) is 4.61. The van der Waals surface area contributed by atoms with Gasteiger partial charge in [0.25, 0.3) is 10.0 Å². The van der Waals surface area contributed by atoms with Gasteiger partial charge in [0, 0.05) is 18.0 Å². The summed E-state index contributed by atoms with van der Waals surface area (Å²) >= 11 is 1.14. The summed E-state index contributed by atoms with van der Waals surface area (Å²) in [5.41, 5.74) is 2.20. The molecule has 2 aromatic carbocycles. The van der Waals surface area contributed by atoms with Crippen LogP contribution in [-0.4, -0.2) is 18.4 Å². The molecule has 0 saturated carbocycles. The van der Waals surface area contributed by atoms with Crippen LogP contribution >= 0.6 is 11.3 Å². The van der Waals surface area contributed by atoms with E-state index in [1.54, 1.807) is 17.5 Å². The van der Waals surface area contributed by atoms with Gasteiger partial charge in [-0.15, -0.1) is 11.3 Å². The zero-order valence-electron chi connectivity index (χ0n) is 15.2. The van der Waals surface area contributed by atoms with Gasteiger partial charge >= 0.3 is 0 Å². The predicted octanol–water partition coefficient (Wildman–Crippen LogP) is 4.58. The Morgan fingerprint density at radius 2 is 1.66 bits per heavy atom. The van der Waals surface area contributed by atoms with Crippen LogP contribution in [0.1, 0.15) is 5.56 Å². The van der Waals surface area contributed by atoms with E-state index in [4.69, 9.17) is 4.74 Å². The Bertz CT molecular complexity index is 1180. The van der Waals surface area contributed by atoms with Crippen LogP contribution in [0.15, 0.2) is 88.7 Å². The molecule has 2 heterocycles. The monoisotopic (exact) mass is 423 g/mol. The Morgan fingerprint density at radius 1 is 0.897 bits per heavy atom. The summed E-state index contributed by atoms with van der Waals surface area (Å²) < 4.78 is 33.6. The molecule has 0 aliphatic heterocycles. The lowest BCUT2D eigenvalue weighted by atomic mass is 10.1. The largest absolute Gasteiger partial charge is 0.489 e. The molecule has 6 nitrogen and oxygen atoms in total. The molecule has 0 aliphatic carbocycles. The van der Waals surface area contributed by atoms with Gasteiger partial charge < -0.3 is 4.74 Å². The minimum atomic E-state index is -3.70. The Labute approximate surface area is 172 Å². The second-order valence-electron chi connectivity index (χ2n) is 6.09. The van der Waals surface area contributed by atoms with Crippen molar-refractivity contribution in [2.24, 2.45) is 0 Å². The maximum Gasteiger partial charge on any atom is 0.272 e. The van der Waals surface area contributed by atoms with E-state index in [1.807, 2.05) is 54.6 Å². The van der Waals surface area contributed by atoms with Gasteiger partial charge in [-0.05, 0) is 29.1 Å². The lowest BCUT2D eigenvalue weighted by Gasteiger charge is -2.11. The van der Waals surface area contributed by atoms with Gasteiger partial charge in [0.1, 0.15) is 22.3 Å². The first-order valence-corrected chi connectivity index (χ1v) is 11.1. The molecular formula is C21H17N3O3S2. The maximum atomic E-state index is 12.5. The average molecular weight is 424 g/mol. The number of rotatable bonds is 7. The van der Waals surface area contributed by atoms with E-state index in [0.717, 1.165) is 28.2 Å². The molecule has 0 fully saturated rings. The van der Waals surface area contributed by atoms with Gasteiger partial charge in [0.15, 0.2) is 5.82 Å². The quantitative estimate of drug-likeness (QED) is 0.470. The van der Waals surface area contributed by atoms with E-state index in [2.05, 4.69) is 14.7 Å². The van der Waals surface area contributed by atoms with Crippen LogP contribution < -0.4 is 9.46 Å². The number of aromatic nitrogens is 2. The Morgan fingerprint density at radius 3 is 2.38 bits per heavy atom. The second kappa shape index (κ2) is 8.42. The minimum absolute atomic E-state index is 0.189. The molecule has 0 bridgehead atoms. The van der Waals surface area contributed by atoms with E-state index in [-0.39, 0.29) is 10.0 Å². The van der Waals surface area contributed by atoms with Crippen molar-refractivity contribution in [3.8, 4) is 17.0 Å². The van der Waals surface area contributed by atoms with E-state index in [9.17, 15) is 8.42 Å². The highest BCUT2D eigenvalue weighted by molar-refractivity contribution is 7.94. The van der Waals surface area contributed by atoms with E-state index in [0.29, 0.717) is 12.3 Å². The van der Waals surface area contributed by atoms with Crippen molar-refractivity contribution < 1.29 is 13.2 Å². The van der Waals surface area contributed by atoms with Crippen molar-refractivity contribution in [1.29, 1.82) is 0 Å². The molecule has 1 N–H and O–H groups in total. The number of nitrogens with zero attached hydrogens (tertiary/aromatic N) is 2. The number of benzene rings is 2. The summed E-state index contributed by atoms with van der Waals surface area (Å²) in [6.07, 6.45) is 2.99. The minimum Gasteiger partial charge on any atom is -0.489 e. The van der Waals surface area contributed by atoms with Gasteiger partial charge in [-0.3, -0.25) is 9.71 Å². The fourth-order valence-corrected chi connectivity index (χ4v) is 4.67. The average Bonchev–Trinajstić information content (AvgIpc) is 3.30. The van der Waals surface area contributed by atoms with Crippen LogP contribution in [0, 0.1) is 0 Å². The van der Waals surface area contributed by atoms with E-state index < -0.39 is 10.0 Å². The highest BCUT2D eigenvalue weighted by atomic mass is 32.2. The van der Waals surface area contributed by atoms with E-state index >= 15 is 0 Å². The number of thiophene rings is 1. The van der Waals surface area contributed by atoms with Crippen molar-refractivity contribution >= 4 is 27.2 Å². The highest BCUT2D eigenvalue weighted by Crippen LogP contribution is 2.27. The molecule has 0 amide bonds. The molecule has 8 heteroatoms. The number of hydrogen-bond acceptors (Lipinski definition) is 6. The summed E-state index contributed by atoms with van der Waals surface area (Å²) in [5.74, 6) is 0.991. The number of ether oxygens (including phenoxy) is 1. The van der Waals surface area contributed by atoms with E-state index in [1.165, 1.54) is 12.4 Å². The summed E-state index contributed by atoms with van der Waals surface area (Å²) in [7, 11) is -3.70. The first kappa shape index (κ1) is 19.1. The highest BCUT2D eigenvalue weighted by Gasteiger charge is 2.19. The topological polar surface area (TPSA) is 81.2 Å². The van der Waals surface area contributed by atoms with Crippen molar-refractivity contribution in [3.05, 3.63) is 90.1 Å². The molecule has 0 atom stereocenters. The zero-order valence-corrected chi connectivity index (χ0v) is 16.9. The summed E-state index contributed by atoms with van der Waals surface area (Å²) in [4.78, 5) is 8.50. The molecule has 4 aromatic rings. The lowest BCUT2D eigenvalue weighted by Crippen LogP contribution is -2.13. The third-order valence-corrected chi connectivity index (χ3v) is 6.80. The van der Waals surface area contributed by atoms with Crippen molar-refractivity contribution in [1.82, 2.24) is 9.97 Å². The molecule has 0 radical (unpaired) electrons. The molecular weight excluding hydrogens is 406 g/mol. The number of nitrogens with one attached hydrogen (secondary N) is 1. The van der Waals surface area contributed by atoms with Crippen LogP contribution in [0.25, 0.3) is 11.3 Å². The van der Waals surface area contributed by atoms with Crippen molar-refractivity contribution in [2.45, 2.75) is 10.8 Å². The van der Waals surface area contributed by atoms with Gasteiger partial charge in [0.2, 0.25) is 0 Å². The van der Waals surface area contributed by atoms with Crippen LogP contribution in [-0.2, 0) is 16.6 Å². The van der Waals surface area contributed by atoms with Crippen LogP contribution in [0.4, 0.5) is 5.82 Å². The van der Waals surface area contributed by atoms with Gasteiger partial charge in [-0.1, -0.05) is 48.5 Å². The van der Waals surface area contributed by atoms with Crippen LogP contribution in [0.2, 0.25) is 0 Å². The molecule has 0 spiro atoms. The standard InChI is InChI=1S/C21H17N3O3S2/c25-29(26,19-7-4-14-28-19)24-21-20(22-12-13-23-21)17-10-8-16(9-11-17)15-27-18-5-2-1-3-6-18/h1-14H,15H2,(H,23,24). The Balaban J connectivity index is 1.53. The normalized spacial score (nSPS) is 11.2. The van der Waals surface area contributed by atoms with Crippen molar-refractivity contribution in [2.75, 3.05) is 4.72 Å². The zero-order chi connectivity index (χ0) is 20.1. The summed E-state index contributed by atoms with van der Waals surface area (Å²) in [6, 6.07) is 20.4. The second-order valence-corrected chi connectivity index (χ2v) is 8.95. The molecule has 29 heavy (non-hydrogen) atoms. The molecule has 0 aliphatic rings. The lowest BCUT2D eigenvalue weighted by molar-refractivity contribution is 0.306. The summed E-state index contributed by atoms with van der Waals surface area (Å²) in [5, 5.41) is 1.71. The predicted molar refractivity (Wildman–Crippen MR) is 113 cm³/mol. The first-order chi connectivity index (χ1) is 14.1. The molecule has 0 saturated heterocycles.